The minimum absolute atomic E-state index is 0.550. The van der Waals surface area contributed by atoms with E-state index in [-0.39, 0.29) is 0 Å². The molecule has 72 valence electrons. The zero-order valence-corrected chi connectivity index (χ0v) is 8.42. The van der Waals surface area contributed by atoms with Crippen molar-refractivity contribution in [2.24, 2.45) is 5.92 Å². The van der Waals surface area contributed by atoms with Gasteiger partial charge in [0, 0.05) is 18.2 Å². The van der Waals surface area contributed by atoms with Crippen LogP contribution in [0.2, 0.25) is 0 Å². The SMILES string of the molecule is CC1CC1c1noc(CCCCl)n1. The summed E-state index contributed by atoms with van der Waals surface area (Å²) in [6.07, 6.45) is 2.91. The predicted molar refractivity (Wildman–Crippen MR) is 49.9 cm³/mol. The van der Waals surface area contributed by atoms with Gasteiger partial charge in [-0.05, 0) is 18.8 Å². The lowest BCUT2D eigenvalue weighted by Gasteiger charge is -1.87. The van der Waals surface area contributed by atoms with Gasteiger partial charge in [0.15, 0.2) is 5.82 Å². The Morgan fingerprint density at radius 2 is 2.38 bits per heavy atom. The van der Waals surface area contributed by atoms with Crippen molar-refractivity contribution in [2.45, 2.75) is 32.1 Å². The number of rotatable bonds is 4. The van der Waals surface area contributed by atoms with E-state index in [1.165, 1.54) is 6.42 Å². The Morgan fingerprint density at radius 1 is 1.62 bits per heavy atom. The van der Waals surface area contributed by atoms with Gasteiger partial charge in [-0.1, -0.05) is 12.1 Å². The smallest absolute Gasteiger partial charge is 0.226 e. The average molecular weight is 201 g/mol. The first-order valence-corrected chi connectivity index (χ1v) is 5.23. The molecule has 0 radical (unpaired) electrons. The number of aromatic nitrogens is 2. The van der Waals surface area contributed by atoms with Gasteiger partial charge in [0.2, 0.25) is 5.89 Å². The highest BCUT2D eigenvalue weighted by molar-refractivity contribution is 6.17. The highest BCUT2D eigenvalue weighted by atomic mass is 35.5. The summed E-state index contributed by atoms with van der Waals surface area (Å²) in [5, 5.41) is 3.95. The van der Waals surface area contributed by atoms with Crippen LogP contribution in [0, 0.1) is 5.92 Å². The molecular weight excluding hydrogens is 188 g/mol. The van der Waals surface area contributed by atoms with Gasteiger partial charge in [0.25, 0.3) is 0 Å². The Balaban J connectivity index is 1.94. The van der Waals surface area contributed by atoms with E-state index in [2.05, 4.69) is 17.1 Å². The largest absolute Gasteiger partial charge is 0.339 e. The first-order valence-electron chi connectivity index (χ1n) is 4.69. The van der Waals surface area contributed by atoms with Crippen molar-refractivity contribution >= 4 is 11.6 Å². The number of halogens is 1. The molecule has 1 aromatic rings. The molecule has 4 heteroatoms. The summed E-state index contributed by atoms with van der Waals surface area (Å²) >= 11 is 5.57. The Kier molecular flexibility index (Phi) is 2.54. The van der Waals surface area contributed by atoms with Gasteiger partial charge in [0.05, 0.1) is 0 Å². The van der Waals surface area contributed by atoms with Crippen LogP contribution >= 0.6 is 11.6 Å². The van der Waals surface area contributed by atoms with Gasteiger partial charge in [-0.15, -0.1) is 11.6 Å². The zero-order valence-electron chi connectivity index (χ0n) is 7.66. The van der Waals surface area contributed by atoms with E-state index in [0.29, 0.717) is 11.8 Å². The number of aryl methyl sites for hydroxylation is 1. The summed E-state index contributed by atoms with van der Waals surface area (Å²) in [4.78, 5) is 4.32. The molecule has 0 amide bonds. The van der Waals surface area contributed by atoms with Crippen LogP contribution in [0.15, 0.2) is 4.52 Å². The maximum Gasteiger partial charge on any atom is 0.226 e. The molecule has 0 spiro atoms. The second-order valence-corrected chi connectivity index (χ2v) is 4.04. The standard InChI is InChI=1S/C9H13ClN2O/c1-6-5-7(6)9-11-8(13-12-9)3-2-4-10/h6-7H,2-5H2,1H3. The topological polar surface area (TPSA) is 38.9 Å². The van der Waals surface area contributed by atoms with Crippen LogP contribution in [-0.2, 0) is 6.42 Å². The summed E-state index contributed by atoms with van der Waals surface area (Å²) in [6.45, 7) is 2.21. The molecule has 1 aliphatic carbocycles. The molecule has 13 heavy (non-hydrogen) atoms. The Morgan fingerprint density at radius 3 is 3.00 bits per heavy atom. The monoisotopic (exact) mass is 200 g/mol. The van der Waals surface area contributed by atoms with Crippen LogP contribution in [0.3, 0.4) is 0 Å². The number of hydrogen-bond donors (Lipinski definition) is 0. The highest BCUT2D eigenvalue weighted by Gasteiger charge is 2.37. The second kappa shape index (κ2) is 3.66. The highest BCUT2D eigenvalue weighted by Crippen LogP contribution is 2.45. The second-order valence-electron chi connectivity index (χ2n) is 3.66. The van der Waals surface area contributed by atoms with E-state index in [4.69, 9.17) is 16.1 Å². The first-order chi connectivity index (χ1) is 6.31. The van der Waals surface area contributed by atoms with Gasteiger partial charge in [-0.2, -0.15) is 4.98 Å². The molecule has 2 rings (SSSR count). The van der Waals surface area contributed by atoms with E-state index in [0.717, 1.165) is 30.5 Å². The van der Waals surface area contributed by atoms with Crippen molar-refractivity contribution in [3.8, 4) is 0 Å². The maximum atomic E-state index is 5.57. The first kappa shape index (κ1) is 9.00. The van der Waals surface area contributed by atoms with E-state index >= 15 is 0 Å². The van der Waals surface area contributed by atoms with E-state index < -0.39 is 0 Å². The molecule has 0 aliphatic heterocycles. The van der Waals surface area contributed by atoms with Crippen LogP contribution in [0.25, 0.3) is 0 Å². The van der Waals surface area contributed by atoms with E-state index in [9.17, 15) is 0 Å². The molecule has 2 atom stereocenters. The molecule has 1 heterocycles. The van der Waals surface area contributed by atoms with Crippen molar-refractivity contribution in [3.63, 3.8) is 0 Å². The van der Waals surface area contributed by atoms with Crippen molar-refractivity contribution in [3.05, 3.63) is 11.7 Å². The van der Waals surface area contributed by atoms with Gasteiger partial charge in [-0.3, -0.25) is 0 Å². The van der Waals surface area contributed by atoms with Crippen molar-refractivity contribution in [1.82, 2.24) is 10.1 Å². The summed E-state index contributed by atoms with van der Waals surface area (Å²) in [6, 6.07) is 0. The predicted octanol–water partition coefficient (Wildman–Crippen LogP) is 2.36. The minimum atomic E-state index is 0.550. The fourth-order valence-corrected chi connectivity index (χ4v) is 1.55. The van der Waals surface area contributed by atoms with Crippen molar-refractivity contribution in [1.29, 1.82) is 0 Å². The number of alkyl halides is 1. The van der Waals surface area contributed by atoms with Gasteiger partial charge < -0.3 is 4.52 Å². The van der Waals surface area contributed by atoms with Gasteiger partial charge >= 0.3 is 0 Å². The van der Waals surface area contributed by atoms with E-state index in [1.807, 2.05) is 0 Å². The summed E-state index contributed by atoms with van der Waals surface area (Å²) in [5.41, 5.74) is 0. The lowest BCUT2D eigenvalue weighted by molar-refractivity contribution is 0.372. The van der Waals surface area contributed by atoms with Gasteiger partial charge in [0.1, 0.15) is 0 Å². The molecule has 2 unspecified atom stereocenters. The minimum Gasteiger partial charge on any atom is -0.339 e. The summed E-state index contributed by atoms with van der Waals surface area (Å²) < 4.78 is 5.10. The van der Waals surface area contributed by atoms with Crippen LogP contribution in [0.1, 0.15) is 37.4 Å². The Hall–Kier alpha value is -0.570. The third-order valence-corrected chi connectivity index (χ3v) is 2.72. The fraction of sp³-hybridized carbons (Fsp3) is 0.778. The Bertz CT molecular complexity index is 287. The molecule has 0 bridgehead atoms. The molecule has 0 aromatic carbocycles. The molecule has 1 aromatic heterocycles. The summed E-state index contributed by atoms with van der Waals surface area (Å²) in [5.74, 6) is 3.55. The lowest BCUT2D eigenvalue weighted by Crippen LogP contribution is -1.88. The van der Waals surface area contributed by atoms with Gasteiger partial charge in [-0.25, -0.2) is 0 Å². The fourth-order valence-electron chi connectivity index (χ4n) is 1.42. The summed E-state index contributed by atoms with van der Waals surface area (Å²) in [7, 11) is 0. The maximum absolute atomic E-state index is 5.57. The number of nitrogens with zero attached hydrogens (tertiary/aromatic N) is 2. The van der Waals surface area contributed by atoms with Crippen LogP contribution in [0.5, 0.6) is 0 Å². The third kappa shape index (κ3) is 2.02. The molecule has 1 fully saturated rings. The van der Waals surface area contributed by atoms with Crippen LogP contribution in [-0.4, -0.2) is 16.0 Å². The average Bonchev–Trinajstić information content (AvgIpc) is 2.67. The van der Waals surface area contributed by atoms with Crippen molar-refractivity contribution in [2.75, 3.05) is 5.88 Å². The molecule has 0 saturated heterocycles. The molecular formula is C9H13ClN2O. The third-order valence-electron chi connectivity index (χ3n) is 2.45. The van der Waals surface area contributed by atoms with Crippen molar-refractivity contribution < 1.29 is 4.52 Å². The zero-order chi connectivity index (χ0) is 9.26. The quantitative estimate of drug-likeness (QED) is 0.701. The molecule has 1 aliphatic rings. The normalized spacial score (nSPS) is 26.3. The molecule has 1 saturated carbocycles. The Labute approximate surface area is 82.5 Å². The van der Waals surface area contributed by atoms with Crippen LogP contribution in [0.4, 0.5) is 0 Å². The molecule has 3 nitrogen and oxygen atoms in total. The lowest BCUT2D eigenvalue weighted by atomic mass is 10.3. The van der Waals surface area contributed by atoms with E-state index in [1.54, 1.807) is 0 Å². The van der Waals surface area contributed by atoms with Crippen LogP contribution < -0.4 is 0 Å². The number of hydrogen-bond acceptors (Lipinski definition) is 3. The molecule has 0 N–H and O–H groups in total.